The van der Waals surface area contributed by atoms with Crippen molar-refractivity contribution in [3.63, 3.8) is 0 Å². The Hall–Kier alpha value is -2.18. The molecule has 0 saturated heterocycles. The summed E-state index contributed by atoms with van der Waals surface area (Å²) in [5.41, 5.74) is 0.919. The van der Waals surface area contributed by atoms with Crippen molar-refractivity contribution >= 4 is 29.1 Å². The van der Waals surface area contributed by atoms with Gasteiger partial charge in [0.2, 0.25) is 0 Å². The highest BCUT2D eigenvalue weighted by Gasteiger charge is 2.21. The highest BCUT2D eigenvalue weighted by Crippen LogP contribution is 2.28. The molecule has 0 N–H and O–H groups in total. The SMILES string of the molecule is CC(Sc1nnc(-c2ccccc2F)n1C)C(=O)c1cccc(Cl)c1. The van der Waals surface area contributed by atoms with Crippen LogP contribution >= 0.6 is 23.4 Å². The Bertz CT molecular complexity index is 928. The van der Waals surface area contributed by atoms with Crippen LogP contribution in [0.4, 0.5) is 4.39 Å². The number of benzene rings is 2. The van der Waals surface area contributed by atoms with Crippen LogP contribution in [0.15, 0.2) is 53.7 Å². The molecule has 0 spiro atoms. The summed E-state index contributed by atoms with van der Waals surface area (Å²) in [5, 5.41) is 8.84. The van der Waals surface area contributed by atoms with E-state index in [1.54, 1.807) is 61.0 Å². The number of hydrogen-bond donors (Lipinski definition) is 0. The van der Waals surface area contributed by atoms with Crippen molar-refractivity contribution in [3.8, 4) is 11.4 Å². The summed E-state index contributed by atoms with van der Waals surface area (Å²) in [4.78, 5) is 12.5. The summed E-state index contributed by atoms with van der Waals surface area (Å²) in [7, 11) is 1.75. The van der Waals surface area contributed by atoms with E-state index in [4.69, 9.17) is 11.6 Å². The standard InChI is InChI=1S/C18H15ClFN3OS/c1-11(16(24)12-6-5-7-13(19)10-12)25-18-22-21-17(23(18)2)14-8-3-4-9-15(14)20/h3-11H,1-2H3. The monoisotopic (exact) mass is 375 g/mol. The molecule has 0 amide bonds. The minimum Gasteiger partial charge on any atom is -0.305 e. The molecule has 7 heteroatoms. The fraction of sp³-hybridized carbons (Fsp3) is 0.167. The molecule has 3 aromatic rings. The molecule has 128 valence electrons. The third-order valence-electron chi connectivity index (χ3n) is 3.71. The first kappa shape index (κ1) is 17.6. The van der Waals surface area contributed by atoms with Crippen molar-refractivity contribution in [2.75, 3.05) is 0 Å². The average molecular weight is 376 g/mol. The number of thioether (sulfide) groups is 1. The first-order chi connectivity index (χ1) is 12.0. The summed E-state index contributed by atoms with van der Waals surface area (Å²) < 4.78 is 15.6. The number of carbonyl (C=O) groups excluding carboxylic acids is 1. The second kappa shape index (κ2) is 7.37. The van der Waals surface area contributed by atoms with Gasteiger partial charge in [0.15, 0.2) is 16.8 Å². The quantitative estimate of drug-likeness (QED) is 0.481. The number of Topliss-reactive ketones (excluding diaryl/α,β-unsaturated/α-hetero) is 1. The number of aromatic nitrogens is 3. The lowest BCUT2D eigenvalue weighted by molar-refractivity contribution is 0.0994. The Labute approximate surface area is 154 Å². The predicted molar refractivity (Wildman–Crippen MR) is 97.5 cm³/mol. The molecule has 0 bridgehead atoms. The highest BCUT2D eigenvalue weighted by atomic mass is 35.5. The van der Waals surface area contributed by atoms with Crippen molar-refractivity contribution in [3.05, 3.63) is 64.9 Å². The highest BCUT2D eigenvalue weighted by molar-refractivity contribution is 8.00. The Morgan fingerprint density at radius 1 is 1.20 bits per heavy atom. The predicted octanol–water partition coefficient (Wildman–Crippen LogP) is 4.64. The van der Waals surface area contributed by atoms with Crippen LogP contribution in [0.1, 0.15) is 17.3 Å². The number of rotatable bonds is 5. The number of hydrogen-bond acceptors (Lipinski definition) is 4. The fourth-order valence-electron chi connectivity index (χ4n) is 2.38. The minimum absolute atomic E-state index is 0.0528. The van der Waals surface area contributed by atoms with Gasteiger partial charge in [0.05, 0.1) is 10.8 Å². The summed E-state index contributed by atoms with van der Waals surface area (Å²) in [5.74, 6) is 0.00329. The normalized spacial score (nSPS) is 12.2. The molecule has 1 unspecified atom stereocenters. The third kappa shape index (κ3) is 3.75. The van der Waals surface area contributed by atoms with Gasteiger partial charge in [0, 0.05) is 17.6 Å². The van der Waals surface area contributed by atoms with Gasteiger partial charge in [-0.15, -0.1) is 10.2 Å². The van der Waals surface area contributed by atoms with Crippen LogP contribution in [-0.2, 0) is 7.05 Å². The van der Waals surface area contributed by atoms with Gasteiger partial charge in [0.1, 0.15) is 5.82 Å². The van der Waals surface area contributed by atoms with Gasteiger partial charge in [-0.05, 0) is 31.2 Å². The Kier molecular flexibility index (Phi) is 5.20. The minimum atomic E-state index is -0.380. The molecular weight excluding hydrogens is 361 g/mol. The average Bonchev–Trinajstić information content (AvgIpc) is 2.95. The lowest BCUT2D eigenvalue weighted by Gasteiger charge is -2.10. The Morgan fingerprint density at radius 2 is 1.96 bits per heavy atom. The van der Waals surface area contributed by atoms with Crippen LogP contribution < -0.4 is 0 Å². The molecule has 1 atom stereocenters. The van der Waals surface area contributed by atoms with E-state index in [2.05, 4.69) is 10.2 Å². The Balaban J connectivity index is 1.82. The van der Waals surface area contributed by atoms with Gasteiger partial charge in [0.25, 0.3) is 0 Å². The van der Waals surface area contributed by atoms with E-state index in [1.807, 2.05) is 0 Å². The Morgan fingerprint density at radius 3 is 2.68 bits per heavy atom. The second-order valence-corrected chi connectivity index (χ2v) is 7.22. The number of halogens is 2. The first-order valence-electron chi connectivity index (χ1n) is 7.58. The lowest BCUT2D eigenvalue weighted by Crippen LogP contribution is -2.14. The molecule has 0 aliphatic carbocycles. The van der Waals surface area contributed by atoms with Gasteiger partial charge in [-0.1, -0.05) is 47.6 Å². The largest absolute Gasteiger partial charge is 0.305 e. The van der Waals surface area contributed by atoms with Gasteiger partial charge in [-0.25, -0.2) is 4.39 Å². The summed E-state index contributed by atoms with van der Waals surface area (Å²) >= 11 is 7.22. The number of ketones is 1. The van der Waals surface area contributed by atoms with Crippen LogP contribution in [0.3, 0.4) is 0 Å². The molecule has 0 radical (unpaired) electrons. The van der Waals surface area contributed by atoms with E-state index in [-0.39, 0.29) is 16.9 Å². The van der Waals surface area contributed by atoms with E-state index < -0.39 is 0 Å². The van der Waals surface area contributed by atoms with E-state index in [9.17, 15) is 9.18 Å². The maximum absolute atomic E-state index is 14.0. The number of carbonyl (C=O) groups is 1. The van der Waals surface area contributed by atoms with Gasteiger partial charge in [-0.3, -0.25) is 4.79 Å². The molecule has 25 heavy (non-hydrogen) atoms. The molecule has 2 aromatic carbocycles. The van der Waals surface area contributed by atoms with Crippen molar-refractivity contribution < 1.29 is 9.18 Å². The van der Waals surface area contributed by atoms with Gasteiger partial charge < -0.3 is 4.57 Å². The molecule has 0 aliphatic rings. The van der Waals surface area contributed by atoms with Crippen molar-refractivity contribution in [2.24, 2.45) is 7.05 Å². The zero-order chi connectivity index (χ0) is 18.0. The summed E-state index contributed by atoms with van der Waals surface area (Å²) in [6, 6.07) is 13.2. The smallest absolute Gasteiger partial charge is 0.191 e. The summed E-state index contributed by atoms with van der Waals surface area (Å²) in [6.45, 7) is 1.80. The van der Waals surface area contributed by atoms with Crippen molar-refractivity contribution in [1.82, 2.24) is 14.8 Å². The van der Waals surface area contributed by atoms with E-state index in [0.29, 0.717) is 27.1 Å². The molecule has 1 aromatic heterocycles. The van der Waals surface area contributed by atoms with Crippen LogP contribution in [0.2, 0.25) is 5.02 Å². The van der Waals surface area contributed by atoms with E-state index in [0.717, 1.165) is 0 Å². The fourth-order valence-corrected chi connectivity index (χ4v) is 3.46. The maximum Gasteiger partial charge on any atom is 0.191 e. The third-order valence-corrected chi connectivity index (χ3v) is 5.08. The topological polar surface area (TPSA) is 47.8 Å². The van der Waals surface area contributed by atoms with Crippen LogP contribution in [0.25, 0.3) is 11.4 Å². The van der Waals surface area contributed by atoms with Crippen LogP contribution in [0, 0.1) is 5.82 Å². The van der Waals surface area contributed by atoms with E-state index in [1.165, 1.54) is 17.8 Å². The molecule has 1 heterocycles. The van der Waals surface area contributed by atoms with Gasteiger partial charge >= 0.3 is 0 Å². The van der Waals surface area contributed by atoms with Gasteiger partial charge in [-0.2, -0.15) is 0 Å². The van der Waals surface area contributed by atoms with Crippen molar-refractivity contribution in [2.45, 2.75) is 17.3 Å². The molecular formula is C18H15ClFN3OS. The van der Waals surface area contributed by atoms with Crippen LogP contribution in [0.5, 0.6) is 0 Å². The summed E-state index contributed by atoms with van der Waals surface area (Å²) in [6.07, 6.45) is 0. The second-order valence-electron chi connectivity index (χ2n) is 5.48. The van der Waals surface area contributed by atoms with Crippen molar-refractivity contribution in [1.29, 1.82) is 0 Å². The molecule has 0 fully saturated rings. The molecule has 0 aliphatic heterocycles. The first-order valence-corrected chi connectivity index (χ1v) is 8.84. The lowest BCUT2D eigenvalue weighted by atomic mass is 10.1. The maximum atomic E-state index is 14.0. The zero-order valence-corrected chi connectivity index (χ0v) is 15.2. The molecule has 3 rings (SSSR count). The molecule has 0 saturated carbocycles. The van der Waals surface area contributed by atoms with E-state index >= 15 is 0 Å². The number of nitrogens with zero attached hydrogens (tertiary/aromatic N) is 3. The van der Waals surface area contributed by atoms with Crippen LogP contribution in [-0.4, -0.2) is 25.8 Å². The zero-order valence-electron chi connectivity index (χ0n) is 13.6. The molecule has 4 nitrogen and oxygen atoms in total.